The SMILES string of the molecule is CCCCc1ccc(N2CC(O)=C(c3nc(-c4ccccc4)cs3)C2=N)cc1. The van der Waals surface area contributed by atoms with E-state index in [-0.39, 0.29) is 5.76 Å². The van der Waals surface area contributed by atoms with Crippen LogP contribution in [-0.4, -0.2) is 22.5 Å². The van der Waals surface area contributed by atoms with Gasteiger partial charge in [0.15, 0.2) is 0 Å². The Morgan fingerprint density at radius 1 is 1.11 bits per heavy atom. The molecule has 0 unspecified atom stereocenters. The lowest BCUT2D eigenvalue weighted by atomic mass is 10.1. The highest BCUT2D eigenvalue weighted by Crippen LogP contribution is 2.34. The average Bonchev–Trinajstić information content (AvgIpc) is 3.32. The van der Waals surface area contributed by atoms with E-state index in [1.54, 1.807) is 0 Å². The van der Waals surface area contributed by atoms with Crippen molar-refractivity contribution in [2.45, 2.75) is 26.2 Å². The number of amidine groups is 1. The fraction of sp³-hybridized carbons (Fsp3) is 0.217. The van der Waals surface area contributed by atoms with Crippen LogP contribution in [0.4, 0.5) is 5.69 Å². The Bertz CT molecular complexity index is 1010. The summed E-state index contributed by atoms with van der Waals surface area (Å²) in [5, 5.41) is 21.8. The summed E-state index contributed by atoms with van der Waals surface area (Å²) in [5.74, 6) is 0.502. The normalized spacial score (nSPS) is 14.2. The fourth-order valence-corrected chi connectivity index (χ4v) is 4.27. The maximum Gasteiger partial charge on any atom is 0.139 e. The lowest BCUT2D eigenvalue weighted by Crippen LogP contribution is -2.25. The average molecular weight is 390 g/mol. The second kappa shape index (κ2) is 7.98. The Morgan fingerprint density at radius 3 is 2.57 bits per heavy atom. The molecular weight excluding hydrogens is 366 g/mol. The van der Waals surface area contributed by atoms with E-state index in [9.17, 15) is 5.11 Å². The molecule has 142 valence electrons. The minimum absolute atomic E-state index is 0.203. The quantitative estimate of drug-likeness (QED) is 0.550. The molecule has 0 radical (unpaired) electrons. The van der Waals surface area contributed by atoms with E-state index in [2.05, 4.69) is 24.0 Å². The summed E-state index contributed by atoms with van der Waals surface area (Å²) in [6.07, 6.45) is 3.43. The number of aryl methyl sites for hydroxylation is 1. The van der Waals surface area contributed by atoms with Gasteiger partial charge < -0.3 is 10.0 Å². The molecule has 5 heteroatoms. The van der Waals surface area contributed by atoms with Gasteiger partial charge in [-0.2, -0.15) is 0 Å². The van der Waals surface area contributed by atoms with E-state index in [0.29, 0.717) is 23.0 Å². The summed E-state index contributed by atoms with van der Waals surface area (Å²) in [6, 6.07) is 18.3. The van der Waals surface area contributed by atoms with Gasteiger partial charge >= 0.3 is 0 Å². The summed E-state index contributed by atoms with van der Waals surface area (Å²) in [5.41, 5.74) is 4.66. The first-order valence-corrected chi connectivity index (χ1v) is 10.4. The smallest absolute Gasteiger partial charge is 0.139 e. The van der Waals surface area contributed by atoms with Crippen LogP contribution in [0.25, 0.3) is 16.8 Å². The number of hydrogen-bond acceptors (Lipinski definition) is 4. The zero-order chi connectivity index (χ0) is 19.5. The van der Waals surface area contributed by atoms with Crippen molar-refractivity contribution in [1.29, 1.82) is 5.41 Å². The number of unbranched alkanes of at least 4 members (excludes halogenated alkanes) is 1. The molecule has 0 amide bonds. The molecule has 2 heterocycles. The van der Waals surface area contributed by atoms with E-state index in [0.717, 1.165) is 23.4 Å². The summed E-state index contributed by atoms with van der Waals surface area (Å²) in [6.45, 7) is 2.50. The molecule has 2 aromatic carbocycles. The third-order valence-electron chi connectivity index (χ3n) is 4.96. The third kappa shape index (κ3) is 3.58. The molecule has 1 aromatic heterocycles. The molecule has 0 atom stereocenters. The molecule has 4 nitrogen and oxygen atoms in total. The Labute approximate surface area is 169 Å². The second-order valence-corrected chi connectivity index (χ2v) is 7.79. The summed E-state index contributed by atoms with van der Waals surface area (Å²) < 4.78 is 0. The molecule has 2 N–H and O–H groups in total. The van der Waals surface area contributed by atoms with Crippen molar-refractivity contribution in [1.82, 2.24) is 4.98 Å². The van der Waals surface area contributed by atoms with Crippen LogP contribution in [-0.2, 0) is 6.42 Å². The molecule has 4 rings (SSSR count). The Morgan fingerprint density at radius 2 is 1.86 bits per heavy atom. The van der Waals surface area contributed by atoms with Crippen molar-refractivity contribution in [3.63, 3.8) is 0 Å². The predicted octanol–water partition coefficient (Wildman–Crippen LogP) is 5.92. The summed E-state index contributed by atoms with van der Waals surface area (Å²) >= 11 is 1.46. The van der Waals surface area contributed by atoms with Gasteiger partial charge in [0.1, 0.15) is 16.6 Å². The van der Waals surface area contributed by atoms with Crippen LogP contribution in [0.15, 0.2) is 65.7 Å². The van der Waals surface area contributed by atoms with E-state index in [1.807, 2.05) is 52.7 Å². The van der Waals surface area contributed by atoms with Crippen LogP contribution in [0.3, 0.4) is 0 Å². The van der Waals surface area contributed by atoms with Gasteiger partial charge in [0.25, 0.3) is 0 Å². The molecule has 0 fully saturated rings. The number of rotatable bonds is 6. The van der Waals surface area contributed by atoms with E-state index in [4.69, 9.17) is 5.41 Å². The highest BCUT2D eigenvalue weighted by Gasteiger charge is 2.31. The molecule has 0 saturated heterocycles. The number of hydrogen-bond donors (Lipinski definition) is 2. The van der Waals surface area contributed by atoms with Crippen LogP contribution in [0, 0.1) is 5.41 Å². The monoisotopic (exact) mass is 389 g/mol. The predicted molar refractivity (Wildman–Crippen MR) is 117 cm³/mol. The van der Waals surface area contributed by atoms with Gasteiger partial charge in [0.2, 0.25) is 0 Å². The summed E-state index contributed by atoms with van der Waals surface area (Å²) in [4.78, 5) is 6.50. The van der Waals surface area contributed by atoms with Crippen LogP contribution >= 0.6 is 11.3 Å². The van der Waals surface area contributed by atoms with E-state index in [1.165, 1.54) is 29.7 Å². The number of nitrogens with one attached hydrogen (secondary N) is 1. The fourth-order valence-electron chi connectivity index (χ4n) is 3.38. The minimum Gasteiger partial charge on any atom is -0.510 e. The molecule has 0 bridgehead atoms. The van der Waals surface area contributed by atoms with Gasteiger partial charge in [-0.25, -0.2) is 4.98 Å². The van der Waals surface area contributed by atoms with Crippen molar-refractivity contribution < 1.29 is 5.11 Å². The first-order chi connectivity index (χ1) is 13.7. The van der Waals surface area contributed by atoms with Crippen LogP contribution in [0.2, 0.25) is 0 Å². The maximum atomic E-state index is 10.6. The zero-order valence-corrected chi connectivity index (χ0v) is 16.7. The summed E-state index contributed by atoms with van der Waals surface area (Å²) in [7, 11) is 0. The molecular formula is C23H23N3OS. The molecule has 0 saturated carbocycles. The Hall–Kier alpha value is -2.92. The van der Waals surface area contributed by atoms with E-state index >= 15 is 0 Å². The van der Waals surface area contributed by atoms with Crippen LogP contribution in [0.1, 0.15) is 30.3 Å². The Balaban J connectivity index is 1.55. The highest BCUT2D eigenvalue weighted by molar-refractivity contribution is 7.11. The standard InChI is InChI=1S/C23H23N3OS/c1-2-3-7-16-10-12-18(13-11-16)26-14-20(27)21(22(26)24)23-25-19(15-28-23)17-8-5-4-6-9-17/h4-6,8-13,15,24,27H,2-3,7,14H2,1H3. The first-order valence-electron chi connectivity index (χ1n) is 9.56. The van der Waals surface area contributed by atoms with Gasteiger partial charge in [-0.15, -0.1) is 11.3 Å². The molecule has 3 aromatic rings. The lowest BCUT2D eigenvalue weighted by molar-refractivity contribution is 0.411. The maximum absolute atomic E-state index is 10.6. The molecule has 28 heavy (non-hydrogen) atoms. The number of aliphatic hydroxyl groups excluding tert-OH is 1. The van der Waals surface area contributed by atoms with Gasteiger partial charge in [-0.1, -0.05) is 55.8 Å². The van der Waals surface area contributed by atoms with Crippen molar-refractivity contribution in [3.8, 4) is 11.3 Å². The van der Waals surface area contributed by atoms with Crippen molar-refractivity contribution in [2.24, 2.45) is 0 Å². The highest BCUT2D eigenvalue weighted by atomic mass is 32.1. The lowest BCUT2D eigenvalue weighted by Gasteiger charge is -2.19. The van der Waals surface area contributed by atoms with Crippen molar-refractivity contribution in [2.75, 3.05) is 11.4 Å². The van der Waals surface area contributed by atoms with Crippen molar-refractivity contribution in [3.05, 3.63) is 76.3 Å². The third-order valence-corrected chi connectivity index (χ3v) is 5.82. The van der Waals surface area contributed by atoms with Crippen LogP contribution < -0.4 is 4.90 Å². The number of thiazole rings is 1. The minimum atomic E-state index is 0.203. The van der Waals surface area contributed by atoms with Gasteiger partial charge in [-0.3, -0.25) is 5.41 Å². The first kappa shape index (κ1) is 18.4. The number of nitrogens with zero attached hydrogens (tertiary/aromatic N) is 2. The van der Waals surface area contributed by atoms with Crippen LogP contribution in [0.5, 0.6) is 0 Å². The number of aromatic nitrogens is 1. The molecule has 0 aliphatic carbocycles. The number of aliphatic hydroxyl groups is 1. The molecule has 1 aliphatic heterocycles. The Kier molecular flexibility index (Phi) is 5.26. The van der Waals surface area contributed by atoms with E-state index < -0.39 is 0 Å². The molecule has 0 spiro atoms. The van der Waals surface area contributed by atoms with Gasteiger partial charge in [0, 0.05) is 16.6 Å². The second-order valence-electron chi connectivity index (χ2n) is 6.93. The topological polar surface area (TPSA) is 60.2 Å². The zero-order valence-electron chi connectivity index (χ0n) is 15.9. The molecule has 1 aliphatic rings. The number of benzene rings is 2. The van der Waals surface area contributed by atoms with Crippen molar-refractivity contribution >= 4 is 28.4 Å². The van der Waals surface area contributed by atoms with Gasteiger partial charge in [0.05, 0.1) is 17.8 Å². The largest absolute Gasteiger partial charge is 0.510 e. The van der Waals surface area contributed by atoms with Gasteiger partial charge in [-0.05, 0) is 30.5 Å². The number of anilines is 1.